The van der Waals surface area contributed by atoms with Crippen LogP contribution in [0.15, 0.2) is 65.3 Å². The highest BCUT2D eigenvalue weighted by Crippen LogP contribution is 2.31. The Morgan fingerprint density at radius 2 is 1.86 bits per heavy atom. The summed E-state index contributed by atoms with van der Waals surface area (Å²) in [6.45, 7) is -0.0666. The molecule has 11 nitrogen and oxygen atoms in total. The Kier molecular flexibility index (Phi) is 8.40. The smallest absolute Gasteiger partial charge is 0.405 e. The van der Waals surface area contributed by atoms with Crippen LogP contribution in [-0.4, -0.2) is 38.7 Å². The first-order valence-electron chi connectivity index (χ1n) is 12.2. The molecule has 3 heterocycles. The van der Waals surface area contributed by atoms with Gasteiger partial charge in [-0.2, -0.15) is 4.98 Å². The number of amides is 3. The number of rotatable bonds is 8. The van der Waals surface area contributed by atoms with E-state index in [1.807, 2.05) is 0 Å². The van der Waals surface area contributed by atoms with E-state index in [-0.39, 0.29) is 36.9 Å². The van der Waals surface area contributed by atoms with E-state index in [0.717, 1.165) is 6.07 Å². The van der Waals surface area contributed by atoms with Crippen molar-refractivity contribution in [3.05, 3.63) is 95.7 Å². The average molecular weight is 576 g/mol. The van der Waals surface area contributed by atoms with Crippen molar-refractivity contribution in [2.24, 2.45) is 0 Å². The molecule has 0 radical (unpaired) electrons. The van der Waals surface area contributed by atoms with Crippen LogP contribution in [0.2, 0.25) is 0 Å². The summed E-state index contributed by atoms with van der Waals surface area (Å²) in [4.78, 5) is 34.9. The zero-order chi connectivity index (χ0) is 29.5. The second kappa shape index (κ2) is 12.7. The molecule has 0 aliphatic carbocycles. The van der Waals surface area contributed by atoms with E-state index in [4.69, 9.17) is 9.47 Å². The van der Waals surface area contributed by atoms with Crippen molar-refractivity contribution in [1.29, 1.82) is 0 Å². The molecule has 42 heavy (non-hydrogen) atoms. The number of carbonyl (C=O) groups excluding carboxylic acids is 2. The molecule has 0 spiro atoms. The lowest BCUT2D eigenvalue weighted by Crippen LogP contribution is -2.35. The number of H-pyrrole nitrogens is 1. The van der Waals surface area contributed by atoms with E-state index in [2.05, 4.69) is 47.1 Å². The fourth-order valence-corrected chi connectivity index (χ4v) is 3.68. The molecule has 0 unspecified atom stereocenters. The lowest BCUT2D eigenvalue weighted by Gasteiger charge is -2.10. The van der Waals surface area contributed by atoms with Crippen LogP contribution in [0.25, 0.3) is 11.0 Å². The molecule has 0 aliphatic rings. The van der Waals surface area contributed by atoms with Crippen molar-refractivity contribution < 1.29 is 36.8 Å². The Labute approximate surface area is 235 Å². The van der Waals surface area contributed by atoms with Gasteiger partial charge in [0, 0.05) is 18.0 Å². The molecule has 0 saturated heterocycles. The number of ether oxygens (including phenoxy) is 2. The van der Waals surface area contributed by atoms with Crippen LogP contribution in [0, 0.1) is 29.6 Å². The minimum Gasteiger partial charge on any atom is -0.453 e. The van der Waals surface area contributed by atoms with Gasteiger partial charge < -0.3 is 24.3 Å². The number of aromatic nitrogens is 4. The molecule has 3 amide bonds. The number of aromatic amines is 1. The number of benzene rings is 2. The first-order chi connectivity index (χ1) is 20.3. The SMILES string of the molecule is O=C(Cc1ccc(F)cc1)NC(=O)Nc1ccc(Oc2ccnc3[nH]c(C#CCOCc4noc(F)n4)cc23)c(F)c1. The molecule has 0 fully saturated rings. The molecular formula is C28H19F3N6O5. The van der Waals surface area contributed by atoms with Gasteiger partial charge in [0.1, 0.15) is 30.4 Å². The molecule has 5 rings (SSSR count). The van der Waals surface area contributed by atoms with Crippen LogP contribution in [0.3, 0.4) is 0 Å². The second-order valence-electron chi connectivity index (χ2n) is 8.57. The number of hydrogen-bond donors (Lipinski definition) is 3. The van der Waals surface area contributed by atoms with Crippen molar-refractivity contribution in [2.75, 3.05) is 11.9 Å². The first kappa shape index (κ1) is 27.9. The quantitative estimate of drug-likeness (QED) is 0.179. The fraction of sp³-hybridized carbons (Fsp3) is 0.107. The lowest BCUT2D eigenvalue weighted by atomic mass is 10.1. The van der Waals surface area contributed by atoms with Gasteiger partial charge in [-0.05, 0) is 47.9 Å². The molecular weight excluding hydrogens is 557 g/mol. The third kappa shape index (κ3) is 7.29. The number of carbonyl (C=O) groups is 2. The van der Waals surface area contributed by atoms with Gasteiger partial charge >= 0.3 is 12.2 Å². The van der Waals surface area contributed by atoms with Gasteiger partial charge in [-0.3, -0.25) is 10.1 Å². The van der Waals surface area contributed by atoms with Crippen molar-refractivity contribution in [2.45, 2.75) is 13.0 Å². The number of pyridine rings is 1. The summed E-state index contributed by atoms with van der Waals surface area (Å²) in [5.41, 5.74) is 1.53. The van der Waals surface area contributed by atoms with Crippen LogP contribution < -0.4 is 15.4 Å². The normalized spacial score (nSPS) is 10.6. The molecule has 3 N–H and O–H groups in total. The Morgan fingerprint density at radius 3 is 2.62 bits per heavy atom. The minimum absolute atomic E-state index is 0.00827. The van der Waals surface area contributed by atoms with Crippen LogP contribution in [0.5, 0.6) is 11.5 Å². The largest absolute Gasteiger partial charge is 0.453 e. The summed E-state index contributed by atoms with van der Waals surface area (Å²) in [6.07, 6.45) is 0.283. The molecule has 14 heteroatoms. The van der Waals surface area contributed by atoms with E-state index in [0.29, 0.717) is 28.0 Å². The first-order valence-corrected chi connectivity index (χ1v) is 12.2. The van der Waals surface area contributed by atoms with Gasteiger partial charge in [0.25, 0.3) is 0 Å². The van der Waals surface area contributed by atoms with Crippen molar-refractivity contribution in [1.82, 2.24) is 25.4 Å². The zero-order valence-electron chi connectivity index (χ0n) is 21.4. The fourth-order valence-electron chi connectivity index (χ4n) is 3.68. The summed E-state index contributed by atoms with van der Waals surface area (Å²) >= 11 is 0. The number of hydrogen-bond acceptors (Lipinski definition) is 8. The summed E-state index contributed by atoms with van der Waals surface area (Å²) in [5, 5.41) is 8.40. The molecule has 5 aromatic rings. The maximum atomic E-state index is 14.8. The highest BCUT2D eigenvalue weighted by atomic mass is 19.1. The molecule has 3 aromatic heterocycles. The number of anilines is 1. The summed E-state index contributed by atoms with van der Waals surface area (Å²) in [5.74, 6) is 4.03. The maximum absolute atomic E-state index is 14.8. The average Bonchev–Trinajstić information content (AvgIpc) is 3.57. The van der Waals surface area contributed by atoms with Gasteiger partial charge in [0.2, 0.25) is 5.91 Å². The summed E-state index contributed by atoms with van der Waals surface area (Å²) in [6, 6.07) is 11.4. The topological polar surface area (TPSA) is 144 Å². The highest BCUT2D eigenvalue weighted by Gasteiger charge is 2.14. The van der Waals surface area contributed by atoms with Crippen LogP contribution in [0.4, 0.5) is 23.7 Å². The van der Waals surface area contributed by atoms with Crippen molar-refractivity contribution in [3.63, 3.8) is 0 Å². The van der Waals surface area contributed by atoms with E-state index >= 15 is 0 Å². The van der Waals surface area contributed by atoms with Gasteiger partial charge in [-0.25, -0.2) is 18.6 Å². The Hall–Kier alpha value is -5.68. The number of imide groups is 1. The summed E-state index contributed by atoms with van der Waals surface area (Å²) in [7, 11) is 0. The Bertz CT molecular complexity index is 1810. The van der Waals surface area contributed by atoms with Crippen LogP contribution in [0.1, 0.15) is 17.1 Å². The van der Waals surface area contributed by atoms with E-state index in [9.17, 15) is 22.8 Å². The maximum Gasteiger partial charge on any atom is 0.405 e. The zero-order valence-corrected chi connectivity index (χ0v) is 21.4. The molecule has 0 atom stereocenters. The summed E-state index contributed by atoms with van der Waals surface area (Å²) < 4.78 is 55.7. The van der Waals surface area contributed by atoms with E-state index in [1.54, 1.807) is 12.1 Å². The molecule has 212 valence electrons. The van der Waals surface area contributed by atoms with Gasteiger partial charge in [-0.1, -0.05) is 23.2 Å². The minimum atomic E-state index is -1.05. The predicted octanol–water partition coefficient (Wildman–Crippen LogP) is 4.61. The standard InChI is InChI=1S/C28H19F3N6O5/c29-17-5-3-16(4-6-17)12-25(38)36-28(39)34-19-7-8-23(21(30)14-19)41-22-9-10-32-26-20(22)13-18(33-26)2-1-11-40-15-24-35-27(31)42-37-24/h3-10,13-14H,11-12,15H2,(H,32,33)(H2,34,36,38,39). The van der Waals surface area contributed by atoms with E-state index < -0.39 is 29.7 Å². The van der Waals surface area contributed by atoms with E-state index in [1.165, 1.54) is 42.6 Å². The highest BCUT2D eigenvalue weighted by molar-refractivity contribution is 6.01. The molecule has 0 aliphatic heterocycles. The number of halogens is 3. The predicted molar refractivity (Wildman–Crippen MR) is 141 cm³/mol. The third-order valence-corrected chi connectivity index (χ3v) is 5.50. The molecule has 0 bridgehead atoms. The molecule has 2 aromatic carbocycles. The van der Waals surface area contributed by atoms with Crippen molar-refractivity contribution >= 4 is 28.7 Å². The second-order valence-corrected chi connectivity index (χ2v) is 8.57. The Morgan fingerprint density at radius 1 is 1.02 bits per heavy atom. The number of urea groups is 1. The van der Waals surface area contributed by atoms with Gasteiger partial charge in [0.15, 0.2) is 17.4 Å². The van der Waals surface area contributed by atoms with Crippen molar-refractivity contribution in [3.8, 4) is 23.3 Å². The number of nitrogens with zero attached hydrogens (tertiary/aromatic N) is 3. The third-order valence-electron chi connectivity index (χ3n) is 5.50. The van der Waals surface area contributed by atoms with Gasteiger partial charge in [-0.15, -0.1) is 4.39 Å². The Balaban J connectivity index is 1.17. The van der Waals surface area contributed by atoms with Crippen LogP contribution in [-0.2, 0) is 22.6 Å². The lowest BCUT2D eigenvalue weighted by molar-refractivity contribution is -0.119. The number of fused-ring (bicyclic) bond motifs is 1. The van der Waals surface area contributed by atoms with Crippen LogP contribution >= 0.6 is 0 Å². The molecule has 0 saturated carbocycles. The van der Waals surface area contributed by atoms with Gasteiger partial charge in [0.05, 0.1) is 17.5 Å². The monoisotopic (exact) mass is 576 g/mol. The number of nitrogens with one attached hydrogen (secondary N) is 3.